The van der Waals surface area contributed by atoms with E-state index < -0.39 is 6.17 Å². The molecule has 2 amide bonds. The lowest BCUT2D eigenvalue weighted by atomic mass is 10.0. The third kappa shape index (κ3) is 2.64. The molecule has 3 aromatic carbocycles. The third-order valence-corrected chi connectivity index (χ3v) is 5.88. The van der Waals surface area contributed by atoms with Gasteiger partial charge in [0, 0.05) is 11.3 Å². The lowest BCUT2D eigenvalue weighted by molar-refractivity contribution is 0.0948. The number of amides is 2. The minimum Gasteiger partial charge on any atom is -0.493 e. The van der Waals surface area contributed by atoms with E-state index in [9.17, 15) is 9.59 Å². The van der Waals surface area contributed by atoms with Crippen LogP contribution in [0.25, 0.3) is 0 Å². The monoisotopic (exact) mass is 414 g/mol. The fourth-order valence-corrected chi connectivity index (χ4v) is 4.70. The number of fused-ring (bicyclic) bond motifs is 5. The fraction of sp³-hybridized carbons (Fsp3) is 0.200. The largest absolute Gasteiger partial charge is 0.493 e. The van der Waals surface area contributed by atoms with Gasteiger partial charge in [0.05, 0.1) is 31.0 Å². The lowest BCUT2D eigenvalue weighted by Gasteiger charge is -2.41. The number of nitrogens with zero attached hydrogens (tertiary/aromatic N) is 2. The van der Waals surface area contributed by atoms with Crippen LogP contribution in [0.3, 0.4) is 0 Å². The summed E-state index contributed by atoms with van der Waals surface area (Å²) in [5.41, 5.74) is 5.07. The predicted octanol–water partition coefficient (Wildman–Crippen LogP) is 4.64. The Kier molecular flexibility index (Phi) is 4.25. The molecule has 2 aliphatic heterocycles. The zero-order chi connectivity index (χ0) is 21.9. The average Bonchev–Trinajstić information content (AvgIpc) is 3.05. The number of ether oxygens (including phenoxy) is 2. The van der Waals surface area contributed by atoms with Crippen LogP contribution in [0.1, 0.15) is 43.6 Å². The highest BCUT2D eigenvalue weighted by molar-refractivity contribution is 6.22. The second-order valence-corrected chi connectivity index (χ2v) is 7.85. The molecular weight excluding hydrogens is 392 g/mol. The highest BCUT2D eigenvalue weighted by atomic mass is 16.5. The maximum Gasteiger partial charge on any atom is 0.264 e. The van der Waals surface area contributed by atoms with Crippen LogP contribution < -0.4 is 19.3 Å². The van der Waals surface area contributed by atoms with Gasteiger partial charge in [0.2, 0.25) is 0 Å². The minimum absolute atomic E-state index is 0.141. The minimum atomic E-state index is -0.606. The molecule has 31 heavy (non-hydrogen) atoms. The van der Waals surface area contributed by atoms with E-state index in [1.54, 1.807) is 21.9 Å². The first kappa shape index (κ1) is 19.2. The molecule has 0 spiro atoms. The maximum absolute atomic E-state index is 13.7. The highest BCUT2D eigenvalue weighted by Crippen LogP contribution is 2.50. The molecule has 2 heterocycles. The number of aryl methyl sites for hydroxylation is 2. The highest BCUT2D eigenvalue weighted by Gasteiger charge is 2.50. The third-order valence-electron chi connectivity index (χ3n) is 5.88. The zero-order valence-corrected chi connectivity index (χ0v) is 17.8. The van der Waals surface area contributed by atoms with Crippen molar-refractivity contribution in [2.45, 2.75) is 20.0 Å². The Morgan fingerprint density at radius 1 is 0.806 bits per heavy atom. The molecule has 0 saturated heterocycles. The number of hydrogen-bond acceptors (Lipinski definition) is 4. The first-order chi connectivity index (χ1) is 15.0. The van der Waals surface area contributed by atoms with Gasteiger partial charge in [-0.3, -0.25) is 19.4 Å². The van der Waals surface area contributed by atoms with Gasteiger partial charge in [0.1, 0.15) is 6.17 Å². The molecule has 0 aromatic heterocycles. The number of benzene rings is 3. The van der Waals surface area contributed by atoms with E-state index in [1.165, 1.54) is 14.2 Å². The van der Waals surface area contributed by atoms with Crippen molar-refractivity contribution in [3.63, 3.8) is 0 Å². The van der Waals surface area contributed by atoms with Crippen LogP contribution in [-0.2, 0) is 0 Å². The molecule has 3 aromatic rings. The molecule has 0 radical (unpaired) electrons. The van der Waals surface area contributed by atoms with E-state index in [-0.39, 0.29) is 11.8 Å². The Balaban J connectivity index is 1.82. The Morgan fingerprint density at radius 3 is 2.19 bits per heavy atom. The standard InChI is InChI=1S/C25H22N2O4/c1-14-11-15(2)13-16(12-14)26-23-18-9-10-20(30-3)22(31-4)21(18)25(29)27(23)19-8-6-5-7-17(19)24(26)28/h5-13,23H,1-4H3. The van der Waals surface area contributed by atoms with Crippen LogP contribution in [0.15, 0.2) is 54.6 Å². The normalized spacial score (nSPS) is 16.7. The maximum atomic E-state index is 13.7. The van der Waals surface area contributed by atoms with Crippen molar-refractivity contribution in [1.29, 1.82) is 0 Å². The smallest absolute Gasteiger partial charge is 0.264 e. The Bertz CT molecular complexity index is 1230. The molecule has 0 aliphatic carbocycles. The molecule has 0 fully saturated rings. The quantitative estimate of drug-likeness (QED) is 0.627. The summed E-state index contributed by atoms with van der Waals surface area (Å²) in [7, 11) is 3.06. The van der Waals surface area contributed by atoms with Crippen molar-refractivity contribution in [2.24, 2.45) is 0 Å². The summed E-state index contributed by atoms with van der Waals surface area (Å²) in [5, 5.41) is 0. The Labute approximate surface area is 180 Å². The van der Waals surface area contributed by atoms with Gasteiger partial charge in [0.15, 0.2) is 11.5 Å². The van der Waals surface area contributed by atoms with Crippen LogP contribution in [0.2, 0.25) is 0 Å². The summed E-state index contributed by atoms with van der Waals surface area (Å²) in [6.45, 7) is 4.00. The Hall–Kier alpha value is -3.80. The summed E-state index contributed by atoms with van der Waals surface area (Å²) in [6, 6.07) is 16.9. The number of methoxy groups -OCH3 is 2. The molecule has 5 rings (SSSR count). The molecular formula is C25H22N2O4. The van der Waals surface area contributed by atoms with E-state index in [1.807, 2.05) is 50.2 Å². The number of carbonyl (C=O) groups is 2. The summed E-state index contributed by atoms with van der Waals surface area (Å²) >= 11 is 0. The molecule has 6 nitrogen and oxygen atoms in total. The number of carbonyl (C=O) groups excluding carboxylic acids is 2. The van der Waals surface area contributed by atoms with Gasteiger partial charge >= 0.3 is 0 Å². The summed E-state index contributed by atoms with van der Waals surface area (Å²) in [4.78, 5) is 30.8. The topological polar surface area (TPSA) is 59.1 Å². The van der Waals surface area contributed by atoms with Crippen molar-refractivity contribution in [2.75, 3.05) is 24.0 Å². The van der Waals surface area contributed by atoms with Gasteiger partial charge in [-0.1, -0.05) is 24.3 Å². The van der Waals surface area contributed by atoms with Crippen molar-refractivity contribution in [1.82, 2.24) is 0 Å². The second-order valence-electron chi connectivity index (χ2n) is 7.85. The molecule has 0 bridgehead atoms. The van der Waals surface area contributed by atoms with Crippen LogP contribution in [-0.4, -0.2) is 26.0 Å². The SMILES string of the molecule is COc1ccc2c(c1OC)C(=O)N1c3ccccc3C(=O)N(c3cc(C)cc(C)c3)C21. The summed E-state index contributed by atoms with van der Waals surface area (Å²) in [5.74, 6) is 0.499. The van der Waals surface area contributed by atoms with E-state index in [4.69, 9.17) is 9.47 Å². The molecule has 156 valence electrons. The predicted molar refractivity (Wildman–Crippen MR) is 118 cm³/mol. The van der Waals surface area contributed by atoms with Gasteiger partial charge in [0.25, 0.3) is 11.8 Å². The van der Waals surface area contributed by atoms with Crippen molar-refractivity contribution in [3.8, 4) is 11.5 Å². The lowest BCUT2D eigenvalue weighted by Crippen LogP contribution is -2.48. The molecule has 0 saturated carbocycles. The molecule has 2 aliphatic rings. The van der Waals surface area contributed by atoms with E-state index >= 15 is 0 Å². The van der Waals surface area contributed by atoms with E-state index in [0.29, 0.717) is 33.9 Å². The number of para-hydroxylation sites is 1. The van der Waals surface area contributed by atoms with Gasteiger partial charge < -0.3 is 9.47 Å². The number of hydrogen-bond donors (Lipinski definition) is 0. The molecule has 0 N–H and O–H groups in total. The van der Waals surface area contributed by atoms with Gasteiger partial charge in [-0.2, -0.15) is 0 Å². The van der Waals surface area contributed by atoms with Gasteiger partial charge in [-0.05, 0) is 55.3 Å². The summed E-state index contributed by atoms with van der Waals surface area (Å²) < 4.78 is 11.0. The van der Waals surface area contributed by atoms with E-state index in [0.717, 1.165) is 16.8 Å². The second kappa shape index (κ2) is 6.87. The van der Waals surface area contributed by atoms with Crippen molar-refractivity contribution >= 4 is 23.2 Å². The van der Waals surface area contributed by atoms with Crippen molar-refractivity contribution in [3.05, 3.63) is 82.4 Å². The first-order valence-corrected chi connectivity index (χ1v) is 10.1. The van der Waals surface area contributed by atoms with Crippen LogP contribution in [0, 0.1) is 13.8 Å². The van der Waals surface area contributed by atoms with Crippen LogP contribution in [0.5, 0.6) is 11.5 Å². The number of anilines is 2. The van der Waals surface area contributed by atoms with Crippen LogP contribution >= 0.6 is 0 Å². The zero-order valence-electron chi connectivity index (χ0n) is 17.8. The Morgan fingerprint density at radius 2 is 1.52 bits per heavy atom. The van der Waals surface area contributed by atoms with Crippen molar-refractivity contribution < 1.29 is 19.1 Å². The van der Waals surface area contributed by atoms with Crippen LogP contribution in [0.4, 0.5) is 11.4 Å². The number of rotatable bonds is 3. The average molecular weight is 414 g/mol. The molecule has 6 heteroatoms. The van der Waals surface area contributed by atoms with E-state index in [2.05, 4.69) is 6.07 Å². The fourth-order valence-electron chi connectivity index (χ4n) is 4.70. The molecule has 1 unspecified atom stereocenters. The summed E-state index contributed by atoms with van der Waals surface area (Å²) in [6.07, 6.45) is -0.606. The van der Waals surface area contributed by atoms with Gasteiger partial charge in [-0.25, -0.2) is 0 Å². The van der Waals surface area contributed by atoms with Gasteiger partial charge in [-0.15, -0.1) is 0 Å². The molecule has 1 atom stereocenters. The first-order valence-electron chi connectivity index (χ1n) is 10.1.